The van der Waals surface area contributed by atoms with Gasteiger partial charge in [0.25, 0.3) is 0 Å². The van der Waals surface area contributed by atoms with Gasteiger partial charge in [-0.25, -0.2) is 0 Å². The van der Waals surface area contributed by atoms with E-state index < -0.39 is 0 Å². The lowest BCUT2D eigenvalue weighted by molar-refractivity contribution is 0.319. The minimum Gasteiger partial charge on any atom is -0.477 e. The Morgan fingerprint density at radius 2 is 2.08 bits per heavy atom. The maximum atomic E-state index is 5.20. The van der Waals surface area contributed by atoms with E-state index in [0.29, 0.717) is 18.5 Å². The first-order valence-electron chi connectivity index (χ1n) is 4.92. The van der Waals surface area contributed by atoms with E-state index in [4.69, 9.17) is 4.74 Å². The highest BCUT2D eigenvalue weighted by molar-refractivity contribution is 5.05. The van der Waals surface area contributed by atoms with Gasteiger partial charge in [-0.1, -0.05) is 13.8 Å². The van der Waals surface area contributed by atoms with Crippen LogP contribution in [0.15, 0.2) is 12.3 Å². The number of ether oxygens (including phenoxy) is 1. The molecular formula is C10H20N2O. The third-order valence-corrected chi connectivity index (χ3v) is 1.41. The van der Waals surface area contributed by atoms with Crippen LogP contribution in [0, 0.1) is 0 Å². The maximum Gasteiger partial charge on any atom is 0.232 e. The third-order valence-electron chi connectivity index (χ3n) is 1.41. The molecule has 3 nitrogen and oxygen atoms in total. The van der Waals surface area contributed by atoms with Crippen molar-refractivity contribution >= 4 is 0 Å². The van der Waals surface area contributed by atoms with Crippen molar-refractivity contribution in [2.45, 2.75) is 40.7 Å². The molecule has 0 aliphatic carbocycles. The molecule has 0 saturated heterocycles. The van der Waals surface area contributed by atoms with E-state index in [2.05, 4.69) is 18.9 Å². The molecule has 0 atom stereocenters. The van der Waals surface area contributed by atoms with E-state index in [0.717, 1.165) is 0 Å². The first kappa shape index (κ1) is 12.0. The fraction of sp³-hybridized carbons (Fsp3) is 0.700. The smallest absolute Gasteiger partial charge is 0.232 e. The minimum atomic E-state index is 0.407. The van der Waals surface area contributed by atoms with Crippen LogP contribution >= 0.6 is 0 Å². The second-order valence-corrected chi connectivity index (χ2v) is 2.66. The molecule has 0 N–H and O–H groups in total. The van der Waals surface area contributed by atoms with Gasteiger partial charge in [0.2, 0.25) is 5.88 Å². The van der Waals surface area contributed by atoms with Crippen molar-refractivity contribution < 1.29 is 4.74 Å². The van der Waals surface area contributed by atoms with Crippen LogP contribution in [0.3, 0.4) is 0 Å². The van der Waals surface area contributed by atoms with Gasteiger partial charge >= 0.3 is 0 Å². The van der Waals surface area contributed by atoms with Gasteiger partial charge in [-0.3, -0.25) is 4.68 Å². The summed E-state index contributed by atoms with van der Waals surface area (Å²) < 4.78 is 7.08. The van der Waals surface area contributed by atoms with Crippen LogP contribution < -0.4 is 4.74 Å². The molecule has 76 valence electrons. The van der Waals surface area contributed by atoms with Crippen molar-refractivity contribution in [2.24, 2.45) is 0 Å². The number of aromatic nitrogens is 2. The van der Waals surface area contributed by atoms with E-state index in [-0.39, 0.29) is 0 Å². The quantitative estimate of drug-likeness (QED) is 0.722. The number of rotatable bonds is 3. The Hall–Kier alpha value is -0.990. The van der Waals surface area contributed by atoms with E-state index >= 15 is 0 Å². The van der Waals surface area contributed by atoms with Crippen LogP contribution in [0.2, 0.25) is 0 Å². The predicted molar refractivity (Wildman–Crippen MR) is 55.1 cm³/mol. The van der Waals surface area contributed by atoms with Crippen molar-refractivity contribution in [1.29, 1.82) is 0 Å². The Labute approximate surface area is 80.7 Å². The SMILES string of the molecule is CC.CCOc1ccn(C(C)C)n1. The van der Waals surface area contributed by atoms with Gasteiger partial charge in [0.1, 0.15) is 0 Å². The summed E-state index contributed by atoms with van der Waals surface area (Å²) in [7, 11) is 0. The molecule has 0 aromatic carbocycles. The Bertz CT molecular complexity index is 218. The molecule has 1 aromatic heterocycles. The zero-order chi connectivity index (χ0) is 10.3. The fourth-order valence-corrected chi connectivity index (χ4v) is 0.833. The van der Waals surface area contributed by atoms with Gasteiger partial charge in [0.05, 0.1) is 6.61 Å². The molecule has 0 saturated carbocycles. The lowest BCUT2D eigenvalue weighted by Crippen LogP contribution is -2.01. The molecule has 0 spiro atoms. The van der Waals surface area contributed by atoms with Gasteiger partial charge in [-0.05, 0) is 20.8 Å². The highest BCUT2D eigenvalue weighted by Crippen LogP contribution is 2.09. The van der Waals surface area contributed by atoms with Crippen LogP contribution in [-0.4, -0.2) is 16.4 Å². The summed E-state index contributed by atoms with van der Waals surface area (Å²) in [5.41, 5.74) is 0. The summed E-state index contributed by atoms with van der Waals surface area (Å²) in [6.45, 7) is 10.8. The van der Waals surface area contributed by atoms with Crippen LogP contribution in [-0.2, 0) is 0 Å². The van der Waals surface area contributed by atoms with Crippen molar-refractivity contribution in [1.82, 2.24) is 9.78 Å². The fourth-order valence-electron chi connectivity index (χ4n) is 0.833. The number of hydrogen-bond acceptors (Lipinski definition) is 2. The molecule has 0 fully saturated rings. The lowest BCUT2D eigenvalue weighted by atomic mass is 10.4. The van der Waals surface area contributed by atoms with E-state index in [9.17, 15) is 0 Å². The lowest BCUT2D eigenvalue weighted by Gasteiger charge is -2.03. The molecular weight excluding hydrogens is 164 g/mol. The van der Waals surface area contributed by atoms with Gasteiger partial charge < -0.3 is 4.74 Å². The summed E-state index contributed by atoms with van der Waals surface area (Å²) in [6.07, 6.45) is 1.93. The van der Waals surface area contributed by atoms with Crippen LogP contribution in [0.5, 0.6) is 5.88 Å². The van der Waals surface area contributed by atoms with Gasteiger partial charge in [0.15, 0.2) is 0 Å². The second kappa shape index (κ2) is 6.52. The molecule has 0 amide bonds. The summed E-state index contributed by atoms with van der Waals surface area (Å²) in [4.78, 5) is 0. The second-order valence-electron chi connectivity index (χ2n) is 2.66. The van der Waals surface area contributed by atoms with Crippen LogP contribution in [0.4, 0.5) is 0 Å². The summed E-state index contributed by atoms with van der Waals surface area (Å²) >= 11 is 0. The predicted octanol–water partition coefficient (Wildman–Crippen LogP) is 2.89. The zero-order valence-corrected chi connectivity index (χ0v) is 9.24. The zero-order valence-electron chi connectivity index (χ0n) is 9.24. The average Bonchev–Trinajstić information content (AvgIpc) is 2.57. The van der Waals surface area contributed by atoms with Crippen molar-refractivity contribution in [3.63, 3.8) is 0 Å². The topological polar surface area (TPSA) is 27.1 Å². The van der Waals surface area contributed by atoms with Gasteiger partial charge in [-0.2, -0.15) is 0 Å². The molecule has 3 heteroatoms. The molecule has 1 aromatic rings. The monoisotopic (exact) mass is 184 g/mol. The minimum absolute atomic E-state index is 0.407. The highest BCUT2D eigenvalue weighted by Gasteiger charge is 2.00. The number of nitrogens with zero attached hydrogens (tertiary/aromatic N) is 2. The average molecular weight is 184 g/mol. The van der Waals surface area contributed by atoms with Crippen molar-refractivity contribution in [3.8, 4) is 5.88 Å². The Morgan fingerprint density at radius 1 is 1.46 bits per heavy atom. The first-order chi connectivity index (χ1) is 6.24. The Morgan fingerprint density at radius 3 is 2.46 bits per heavy atom. The maximum absolute atomic E-state index is 5.20. The van der Waals surface area contributed by atoms with E-state index in [1.165, 1.54) is 0 Å². The van der Waals surface area contributed by atoms with Crippen LogP contribution in [0.25, 0.3) is 0 Å². The molecule has 0 radical (unpaired) electrons. The Kier molecular flexibility index (Phi) is 6.02. The molecule has 0 aliphatic heterocycles. The third kappa shape index (κ3) is 3.97. The molecule has 1 rings (SSSR count). The van der Waals surface area contributed by atoms with Gasteiger partial charge in [-0.15, -0.1) is 5.10 Å². The first-order valence-corrected chi connectivity index (χ1v) is 4.92. The Balaban J connectivity index is 0.000000671. The van der Waals surface area contributed by atoms with Crippen molar-refractivity contribution in [3.05, 3.63) is 12.3 Å². The van der Waals surface area contributed by atoms with E-state index in [1.807, 2.05) is 37.7 Å². The molecule has 1 heterocycles. The van der Waals surface area contributed by atoms with E-state index in [1.54, 1.807) is 0 Å². The summed E-state index contributed by atoms with van der Waals surface area (Å²) in [5.74, 6) is 0.709. The molecule has 13 heavy (non-hydrogen) atoms. The molecule has 0 unspecified atom stereocenters. The largest absolute Gasteiger partial charge is 0.477 e. The standard InChI is InChI=1S/C8H14N2O.C2H6/c1-4-11-8-5-6-10(9-8)7(2)3;1-2/h5-7H,4H2,1-3H3;1-2H3. The molecule has 0 aliphatic rings. The molecule has 0 bridgehead atoms. The normalized spacial score (nSPS) is 9.38. The highest BCUT2D eigenvalue weighted by atomic mass is 16.5. The van der Waals surface area contributed by atoms with Crippen molar-refractivity contribution in [2.75, 3.05) is 6.61 Å². The summed E-state index contributed by atoms with van der Waals surface area (Å²) in [5, 5.41) is 4.19. The number of hydrogen-bond donors (Lipinski definition) is 0. The van der Waals surface area contributed by atoms with Crippen LogP contribution in [0.1, 0.15) is 40.7 Å². The van der Waals surface area contributed by atoms with Gasteiger partial charge in [0, 0.05) is 18.3 Å². The summed E-state index contributed by atoms with van der Waals surface area (Å²) in [6, 6.07) is 2.29.